The van der Waals surface area contributed by atoms with Gasteiger partial charge in [-0.05, 0) is 54.6 Å². The lowest BCUT2D eigenvalue weighted by Crippen LogP contribution is -2.39. The SMILES string of the molecule is CCCC1=C(C(=O)OCC)[C@H](c2cccs2)n2c(s/c(=C\c3cc(Br)ccc3OCc3ccccc3)c2=O)=N1. The van der Waals surface area contributed by atoms with Crippen molar-refractivity contribution < 1.29 is 14.3 Å². The number of esters is 1. The largest absolute Gasteiger partial charge is 0.488 e. The van der Waals surface area contributed by atoms with Gasteiger partial charge in [0.15, 0.2) is 4.80 Å². The first-order valence-electron chi connectivity index (χ1n) is 12.7. The Kier molecular flexibility index (Phi) is 8.60. The molecule has 0 amide bonds. The maximum Gasteiger partial charge on any atom is 0.338 e. The fourth-order valence-corrected chi connectivity index (χ4v) is 6.69. The normalized spacial score (nSPS) is 15.2. The molecule has 1 atom stereocenters. The van der Waals surface area contributed by atoms with Crippen molar-refractivity contribution in [2.45, 2.75) is 39.3 Å². The molecule has 2 aromatic carbocycles. The van der Waals surface area contributed by atoms with Crippen LogP contribution in [0.15, 0.2) is 91.6 Å². The van der Waals surface area contributed by atoms with Crippen LogP contribution in [0.2, 0.25) is 0 Å². The fourth-order valence-electron chi connectivity index (χ4n) is 4.48. The molecule has 0 spiro atoms. The van der Waals surface area contributed by atoms with Crippen molar-refractivity contribution in [3.05, 3.63) is 117 Å². The van der Waals surface area contributed by atoms with Gasteiger partial charge < -0.3 is 9.47 Å². The van der Waals surface area contributed by atoms with Gasteiger partial charge in [-0.3, -0.25) is 9.36 Å². The standard InChI is InChI=1S/C30H27BrN2O4S2/c1-3-9-22-26(29(35)36-4-2)27(24-12-8-15-38-24)33-28(34)25(39-30(33)32-22)17-20-16-21(31)13-14-23(20)37-18-19-10-6-5-7-11-19/h5-8,10-17,27H,3-4,9,18H2,1-2H3/b25-17-/t27-/m0/s1. The lowest BCUT2D eigenvalue weighted by Gasteiger charge is -2.24. The molecule has 1 aliphatic rings. The van der Waals surface area contributed by atoms with Crippen LogP contribution in [-0.2, 0) is 16.1 Å². The molecule has 0 fully saturated rings. The lowest BCUT2D eigenvalue weighted by molar-refractivity contribution is -0.139. The first-order valence-corrected chi connectivity index (χ1v) is 15.2. The minimum Gasteiger partial charge on any atom is -0.488 e. The summed E-state index contributed by atoms with van der Waals surface area (Å²) in [7, 11) is 0. The minimum atomic E-state index is -0.583. The molecule has 200 valence electrons. The molecule has 0 aliphatic carbocycles. The predicted octanol–water partition coefficient (Wildman–Crippen LogP) is 5.98. The van der Waals surface area contributed by atoms with Crippen molar-refractivity contribution in [2.75, 3.05) is 6.61 Å². The summed E-state index contributed by atoms with van der Waals surface area (Å²) in [5.41, 5.74) is 2.74. The number of nitrogens with zero attached hydrogens (tertiary/aromatic N) is 2. The first-order chi connectivity index (χ1) is 19.0. The number of aromatic nitrogens is 1. The summed E-state index contributed by atoms with van der Waals surface area (Å²) in [6, 6.07) is 19.0. The highest BCUT2D eigenvalue weighted by Gasteiger charge is 2.34. The van der Waals surface area contributed by atoms with Gasteiger partial charge in [0.05, 0.1) is 22.4 Å². The van der Waals surface area contributed by atoms with E-state index in [2.05, 4.69) is 15.9 Å². The summed E-state index contributed by atoms with van der Waals surface area (Å²) in [6.45, 7) is 4.48. The van der Waals surface area contributed by atoms with Gasteiger partial charge in [-0.2, -0.15) is 0 Å². The van der Waals surface area contributed by atoms with E-state index in [9.17, 15) is 9.59 Å². The third-order valence-corrected chi connectivity index (χ3v) is 8.60. The molecule has 39 heavy (non-hydrogen) atoms. The molecular formula is C30H27BrN2O4S2. The summed E-state index contributed by atoms with van der Waals surface area (Å²) >= 11 is 6.38. The molecule has 5 rings (SSSR count). The van der Waals surface area contributed by atoms with Crippen LogP contribution in [0.1, 0.15) is 48.7 Å². The van der Waals surface area contributed by atoms with E-state index < -0.39 is 12.0 Å². The highest BCUT2D eigenvalue weighted by atomic mass is 79.9. The van der Waals surface area contributed by atoms with Crippen LogP contribution in [0.5, 0.6) is 5.75 Å². The zero-order chi connectivity index (χ0) is 27.4. The second-order valence-corrected chi connectivity index (χ2v) is 11.8. The number of thiophene rings is 1. The second-order valence-electron chi connectivity index (χ2n) is 8.89. The zero-order valence-corrected chi connectivity index (χ0v) is 24.8. The van der Waals surface area contributed by atoms with Gasteiger partial charge in [0.2, 0.25) is 0 Å². The van der Waals surface area contributed by atoms with Gasteiger partial charge >= 0.3 is 5.97 Å². The number of rotatable bonds is 9. The van der Waals surface area contributed by atoms with E-state index in [-0.39, 0.29) is 12.2 Å². The smallest absolute Gasteiger partial charge is 0.338 e. The van der Waals surface area contributed by atoms with Crippen molar-refractivity contribution in [3.63, 3.8) is 0 Å². The van der Waals surface area contributed by atoms with E-state index in [4.69, 9.17) is 14.5 Å². The van der Waals surface area contributed by atoms with Gasteiger partial charge in [0.25, 0.3) is 5.56 Å². The predicted molar refractivity (Wildman–Crippen MR) is 159 cm³/mol. The van der Waals surface area contributed by atoms with E-state index >= 15 is 0 Å². The molecule has 0 saturated carbocycles. The maximum absolute atomic E-state index is 13.9. The number of carbonyl (C=O) groups is 1. The van der Waals surface area contributed by atoms with Gasteiger partial charge in [-0.15, -0.1) is 11.3 Å². The number of carbonyl (C=O) groups excluding carboxylic acids is 1. The third-order valence-electron chi connectivity index (χ3n) is 6.20. The average Bonchev–Trinajstić information content (AvgIpc) is 3.57. The van der Waals surface area contributed by atoms with Crippen molar-refractivity contribution in [3.8, 4) is 5.75 Å². The van der Waals surface area contributed by atoms with Crippen LogP contribution in [0.4, 0.5) is 0 Å². The van der Waals surface area contributed by atoms with Crippen molar-refractivity contribution in [2.24, 2.45) is 4.99 Å². The number of fused-ring (bicyclic) bond motifs is 1. The monoisotopic (exact) mass is 622 g/mol. The Hall–Kier alpha value is -3.27. The molecule has 6 nitrogen and oxygen atoms in total. The van der Waals surface area contributed by atoms with Crippen LogP contribution >= 0.6 is 38.6 Å². The fraction of sp³-hybridized carbons (Fsp3) is 0.233. The van der Waals surface area contributed by atoms with Crippen LogP contribution in [0.25, 0.3) is 6.08 Å². The zero-order valence-electron chi connectivity index (χ0n) is 21.6. The molecule has 2 aromatic heterocycles. The Morgan fingerprint density at radius 3 is 2.67 bits per heavy atom. The first kappa shape index (κ1) is 27.3. The molecular weight excluding hydrogens is 596 g/mol. The maximum atomic E-state index is 13.9. The topological polar surface area (TPSA) is 69.9 Å². The number of halogens is 1. The third kappa shape index (κ3) is 5.85. The minimum absolute atomic E-state index is 0.205. The van der Waals surface area contributed by atoms with Crippen LogP contribution in [0.3, 0.4) is 0 Å². The Morgan fingerprint density at radius 2 is 1.95 bits per heavy atom. The van der Waals surface area contributed by atoms with Crippen molar-refractivity contribution in [1.82, 2.24) is 4.57 Å². The quantitative estimate of drug-likeness (QED) is 0.215. The number of allylic oxidation sites excluding steroid dienone is 1. The van der Waals surface area contributed by atoms with Crippen molar-refractivity contribution >= 4 is 50.6 Å². The Balaban J connectivity index is 1.64. The van der Waals surface area contributed by atoms with Gasteiger partial charge in [0.1, 0.15) is 18.4 Å². The van der Waals surface area contributed by atoms with E-state index in [1.54, 1.807) is 11.5 Å². The highest BCUT2D eigenvalue weighted by Crippen LogP contribution is 2.34. The van der Waals surface area contributed by atoms with Crippen LogP contribution < -0.4 is 19.6 Å². The Bertz CT molecular complexity index is 1690. The van der Waals surface area contributed by atoms with Crippen molar-refractivity contribution in [1.29, 1.82) is 0 Å². The average molecular weight is 624 g/mol. The molecule has 3 heterocycles. The van der Waals surface area contributed by atoms with Gasteiger partial charge in [-0.1, -0.05) is 77.0 Å². The van der Waals surface area contributed by atoms with Crippen LogP contribution in [-0.4, -0.2) is 17.1 Å². The van der Waals surface area contributed by atoms with E-state index in [1.165, 1.54) is 22.7 Å². The molecule has 4 aromatic rings. The van der Waals surface area contributed by atoms with Gasteiger partial charge in [0, 0.05) is 14.9 Å². The summed E-state index contributed by atoms with van der Waals surface area (Å²) < 4.78 is 14.6. The highest BCUT2D eigenvalue weighted by molar-refractivity contribution is 9.10. The lowest BCUT2D eigenvalue weighted by atomic mass is 9.99. The van der Waals surface area contributed by atoms with E-state index in [0.717, 1.165) is 26.9 Å². The summed E-state index contributed by atoms with van der Waals surface area (Å²) in [5, 5.41) is 1.95. The number of hydrogen-bond donors (Lipinski definition) is 0. The van der Waals surface area contributed by atoms with Gasteiger partial charge in [-0.25, -0.2) is 9.79 Å². The molecule has 0 unspecified atom stereocenters. The molecule has 0 saturated heterocycles. The van der Waals surface area contributed by atoms with Crippen LogP contribution in [0, 0.1) is 0 Å². The summed E-state index contributed by atoms with van der Waals surface area (Å²) in [5.74, 6) is 0.238. The summed E-state index contributed by atoms with van der Waals surface area (Å²) in [6.07, 6.45) is 3.27. The molecule has 0 N–H and O–H groups in total. The van der Waals surface area contributed by atoms with E-state index in [0.29, 0.717) is 39.4 Å². The second kappa shape index (κ2) is 12.3. The number of ether oxygens (including phenoxy) is 2. The van der Waals surface area contributed by atoms with E-state index in [1.807, 2.05) is 79.0 Å². The Labute approximate surface area is 242 Å². The number of benzene rings is 2. The molecule has 9 heteroatoms. The number of thiazole rings is 1. The Morgan fingerprint density at radius 1 is 1.13 bits per heavy atom. The number of hydrogen-bond acceptors (Lipinski definition) is 7. The molecule has 1 aliphatic heterocycles. The summed E-state index contributed by atoms with van der Waals surface area (Å²) in [4.78, 5) is 33.4. The molecule has 0 bridgehead atoms. The molecule has 0 radical (unpaired) electrons.